The third-order valence-electron chi connectivity index (χ3n) is 11.5. The summed E-state index contributed by atoms with van der Waals surface area (Å²) in [6.45, 7) is 16.0. The average molecular weight is 1030 g/mol. The Morgan fingerprint density at radius 3 is 1.90 bits per heavy atom. The number of para-hydroxylation sites is 2. The third kappa shape index (κ3) is 9.05. The van der Waals surface area contributed by atoms with E-state index in [-0.39, 0.29) is 38.2 Å². The molecule has 0 saturated heterocycles. The standard InChI is InChI=1S/C43H35N2S.C14H16NSi.Ir/c1-27(2)34-25-33(30-15-9-6-10-16-30)26-35(28(3)4)42(34)45-39-18-12-11-17-38(39)44-43(45)32-20-22-41-37(24-32)36-23-31(19-21-40(36)46-41)29-13-7-5-8-14-29;1-16(2,3)13-9-10-14(15-11-13)12-7-5-4-6-8-12;/h5-19,21-28H,1-4H3;4-7,9-11H,1-3H3;/q2*-1;/i;4D,5D,6D;. The van der Waals surface area contributed by atoms with Crippen molar-refractivity contribution in [2.45, 2.75) is 59.2 Å². The van der Waals surface area contributed by atoms with Crippen LogP contribution in [0.15, 0.2) is 170 Å². The molecule has 0 spiro atoms. The van der Waals surface area contributed by atoms with E-state index in [1.54, 1.807) is 0 Å². The van der Waals surface area contributed by atoms with Gasteiger partial charge in [-0.1, -0.05) is 144 Å². The number of pyridine rings is 1. The average Bonchev–Trinajstić information content (AvgIpc) is 3.88. The van der Waals surface area contributed by atoms with E-state index in [1.807, 2.05) is 23.6 Å². The van der Waals surface area contributed by atoms with Crippen LogP contribution in [0, 0.1) is 12.1 Å². The van der Waals surface area contributed by atoms with E-state index in [0.717, 1.165) is 22.4 Å². The number of thiophene rings is 1. The summed E-state index contributed by atoms with van der Waals surface area (Å²) < 4.78 is 27.7. The Morgan fingerprint density at radius 1 is 0.619 bits per heavy atom. The van der Waals surface area contributed by atoms with Crippen LogP contribution < -0.4 is 5.19 Å². The van der Waals surface area contributed by atoms with Crippen molar-refractivity contribution in [3.05, 3.63) is 193 Å². The summed E-state index contributed by atoms with van der Waals surface area (Å²) in [5, 5.41) is 3.79. The van der Waals surface area contributed by atoms with Crippen molar-refractivity contribution < 1.29 is 24.2 Å². The fourth-order valence-electron chi connectivity index (χ4n) is 8.12. The van der Waals surface area contributed by atoms with E-state index in [0.29, 0.717) is 23.1 Å². The Morgan fingerprint density at radius 2 is 1.27 bits per heavy atom. The molecule has 0 fully saturated rings. The number of fused-ring (bicyclic) bond motifs is 4. The Labute approximate surface area is 395 Å². The van der Waals surface area contributed by atoms with Gasteiger partial charge in [-0.3, -0.25) is 4.98 Å². The minimum Gasteiger partial charge on any atom is -0.333 e. The SMILES string of the molecule is CC(C)c1cc(-c2ccccc2)cc(C(C)C)c1-n1c(-c2[c-]cc3sc4ccc(-c5ccccc5)cc4c3c2)nc2ccccc21.[2H]c1[c-]c(-c2ccc([Si](C)(C)C)cn2)cc([2H])c1[2H].[Ir]. The van der Waals surface area contributed by atoms with Crippen LogP contribution in [0.3, 0.4) is 0 Å². The predicted molar refractivity (Wildman–Crippen MR) is 269 cm³/mol. The minimum atomic E-state index is -1.36. The van der Waals surface area contributed by atoms with Crippen LogP contribution in [0.25, 0.3) is 81.8 Å². The molecule has 315 valence electrons. The first kappa shape index (κ1) is 40.0. The first-order chi connectivity index (χ1) is 31.2. The van der Waals surface area contributed by atoms with Gasteiger partial charge in [0.25, 0.3) is 0 Å². The summed E-state index contributed by atoms with van der Waals surface area (Å²) in [7, 11) is -1.36. The minimum absolute atomic E-state index is 0. The van der Waals surface area contributed by atoms with Gasteiger partial charge in [0.1, 0.15) is 0 Å². The number of imidazole rings is 1. The maximum atomic E-state index is 7.64. The van der Waals surface area contributed by atoms with E-state index in [4.69, 9.17) is 9.10 Å². The van der Waals surface area contributed by atoms with E-state index in [1.165, 1.54) is 70.5 Å². The van der Waals surface area contributed by atoms with Gasteiger partial charge in [-0.25, -0.2) is 0 Å². The quantitative estimate of drug-likeness (QED) is 0.112. The molecule has 0 aliphatic rings. The van der Waals surface area contributed by atoms with Crippen molar-refractivity contribution in [3.8, 4) is 50.6 Å². The maximum absolute atomic E-state index is 7.64. The molecule has 6 heteroatoms. The summed E-state index contributed by atoms with van der Waals surface area (Å²) in [6, 6.07) is 57.9. The monoisotopic (exact) mass is 1030 g/mol. The molecule has 0 unspecified atom stereocenters. The van der Waals surface area contributed by atoms with Crippen LogP contribution in [0.1, 0.15) is 54.8 Å². The van der Waals surface area contributed by atoms with Gasteiger partial charge in [0.05, 0.1) is 24.9 Å². The normalized spacial score (nSPS) is 12.2. The molecule has 10 aromatic rings. The van der Waals surface area contributed by atoms with Crippen LogP contribution in [-0.2, 0) is 20.1 Å². The second-order valence-electron chi connectivity index (χ2n) is 17.5. The van der Waals surface area contributed by atoms with Gasteiger partial charge in [0, 0.05) is 39.4 Å². The summed E-state index contributed by atoms with van der Waals surface area (Å²) in [6.07, 6.45) is 1.87. The molecule has 1 radical (unpaired) electrons. The molecule has 0 aliphatic heterocycles. The number of hydrogen-bond acceptors (Lipinski definition) is 3. The summed E-state index contributed by atoms with van der Waals surface area (Å²) in [5.41, 5.74) is 13.3. The van der Waals surface area contributed by atoms with E-state index in [2.05, 4.69) is 202 Å². The molecule has 7 aromatic carbocycles. The molecule has 0 atom stereocenters. The van der Waals surface area contributed by atoms with Crippen molar-refractivity contribution in [3.63, 3.8) is 0 Å². The second kappa shape index (κ2) is 18.5. The van der Waals surface area contributed by atoms with E-state index < -0.39 is 8.07 Å². The largest absolute Gasteiger partial charge is 0.333 e. The van der Waals surface area contributed by atoms with Gasteiger partial charge in [0.2, 0.25) is 0 Å². The first-order valence-corrected chi connectivity index (χ1v) is 25.7. The van der Waals surface area contributed by atoms with Crippen LogP contribution >= 0.6 is 11.3 Å². The van der Waals surface area contributed by atoms with Gasteiger partial charge in [-0.2, -0.15) is 11.3 Å². The zero-order chi connectivity index (χ0) is 45.6. The molecular formula is C57H51IrN3SSi-2. The smallest absolute Gasteiger partial charge is 0.0795 e. The molecule has 3 nitrogen and oxygen atoms in total. The molecule has 10 rings (SSSR count). The molecule has 0 bridgehead atoms. The van der Waals surface area contributed by atoms with Crippen LogP contribution in [0.5, 0.6) is 0 Å². The molecule has 0 amide bonds. The number of rotatable bonds is 8. The molecular weight excluding hydrogens is 979 g/mol. The van der Waals surface area contributed by atoms with Gasteiger partial charge < -0.3 is 9.55 Å². The molecule has 3 heterocycles. The zero-order valence-corrected chi connectivity index (χ0v) is 40.9. The summed E-state index contributed by atoms with van der Waals surface area (Å²) >= 11 is 1.83. The van der Waals surface area contributed by atoms with E-state index in [9.17, 15) is 0 Å². The predicted octanol–water partition coefficient (Wildman–Crippen LogP) is 15.5. The second-order valence-corrected chi connectivity index (χ2v) is 23.7. The topological polar surface area (TPSA) is 30.7 Å². The Kier molecular flexibility index (Phi) is 11.8. The van der Waals surface area contributed by atoms with Crippen LogP contribution in [0.2, 0.25) is 19.6 Å². The molecule has 3 aromatic heterocycles. The zero-order valence-electron chi connectivity index (χ0n) is 39.7. The van der Waals surface area contributed by atoms with E-state index >= 15 is 0 Å². The van der Waals surface area contributed by atoms with Crippen molar-refractivity contribution in [1.29, 1.82) is 0 Å². The molecule has 0 N–H and O–H groups in total. The Bertz CT molecular complexity index is 3290. The number of benzene rings is 7. The Hall–Kier alpha value is -5.75. The number of nitrogens with zero attached hydrogens (tertiary/aromatic N) is 3. The Balaban J connectivity index is 0.000000249. The summed E-state index contributed by atoms with van der Waals surface area (Å²) in [5.74, 6) is 1.56. The molecule has 0 aliphatic carbocycles. The molecule has 63 heavy (non-hydrogen) atoms. The number of hydrogen-bond donors (Lipinski definition) is 0. The van der Waals surface area contributed by atoms with Crippen molar-refractivity contribution in [2.75, 3.05) is 0 Å². The fraction of sp³-hybridized carbons (Fsp3) is 0.158. The van der Waals surface area contributed by atoms with Gasteiger partial charge >= 0.3 is 0 Å². The van der Waals surface area contributed by atoms with Crippen molar-refractivity contribution >= 4 is 55.8 Å². The third-order valence-corrected chi connectivity index (χ3v) is 14.7. The van der Waals surface area contributed by atoms with Gasteiger partial charge in [-0.05, 0) is 104 Å². The van der Waals surface area contributed by atoms with Gasteiger partial charge in [-0.15, -0.1) is 59.6 Å². The first-order valence-electron chi connectivity index (χ1n) is 22.9. The maximum Gasteiger partial charge on any atom is 0.0795 e. The number of aromatic nitrogens is 3. The van der Waals surface area contributed by atoms with Crippen LogP contribution in [0.4, 0.5) is 0 Å². The van der Waals surface area contributed by atoms with Crippen molar-refractivity contribution in [2.24, 2.45) is 0 Å². The summed E-state index contributed by atoms with van der Waals surface area (Å²) in [4.78, 5) is 9.72. The fourth-order valence-corrected chi connectivity index (χ4v) is 10.2. The van der Waals surface area contributed by atoms with Crippen LogP contribution in [-0.4, -0.2) is 22.6 Å². The van der Waals surface area contributed by atoms with Crippen molar-refractivity contribution in [1.82, 2.24) is 14.5 Å². The van der Waals surface area contributed by atoms with Gasteiger partial charge in [0.15, 0.2) is 0 Å². The molecule has 0 saturated carbocycles.